The van der Waals surface area contributed by atoms with Crippen LogP contribution in [-0.2, 0) is 4.79 Å². The van der Waals surface area contributed by atoms with Crippen LogP contribution in [0.5, 0.6) is 0 Å². The summed E-state index contributed by atoms with van der Waals surface area (Å²) in [6.07, 6.45) is 4.94. The highest BCUT2D eigenvalue weighted by Crippen LogP contribution is 2.21. The first-order valence-electron chi connectivity index (χ1n) is 7.44. The van der Waals surface area contributed by atoms with Gasteiger partial charge in [-0.3, -0.25) is 14.3 Å². The van der Waals surface area contributed by atoms with Crippen LogP contribution < -0.4 is 5.32 Å². The van der Waals surface area contributed by atoms with Gasteiger partial charge in [0, 0.05) is 23.8 Å². The van der Waals surface area contributed by atoms with E-state index in [0.717, 1.165) is 11.4 Å². The molecule has 0 aliphatic rings. The number of thioether (sulfide) groups is 1. The van der Waals surface area contributed by atoms with Crippen molar-refractivity contribution in [2.24, 2.45) is 0 Å². The van der Waals surface area contributed by atoms with Crippen molar-refractivity contribution in [1.82, 2.24) is 19.7 Å². The Balaban J connectivity index is 1.67. The average Bonchev–Trinajstić information content (AvgIpc) is 3.05. The van der Waals surface area contributed by atoms with Crippen molar-refractivity contribution in [2.45, 2.75) is 19.0 Å². The molecule has 7 heteroatoms. The van der Waals surface area contributed by atoms with E-state index in [1.54, 1.807) is 30.9 Å². The Morgan fingerprint density at radius 1 is 1.17 bits per heavy atom. The lowest BCUT2D eigenvalue weighted by molar-refractivity contribution is -0.113. The number of carbonyl (C=O) groups is 1. The third kappa shape index (κ3) is 3.80. The summed E-state index contributed by atoms with van der Waals surface area (Å²) in [5.41, 5.74) is 4.15. The van der Waals surface area contributed by atoms with Crippen LogP contribution in [0.4, 0.5) is 5.69 Å². The standard InChI is InChI=1S/C17H17N5OS/c1-12-3-4-15(9-13(12)2)22-11-19-21-17(22)24-10-16(23)20-14-5-7-18-8-6-14/h3-9,11H,10H2,1-2H3,(H,18,20,23). The van der Waals surface area contributed by atoms with Gasteiger partial charge in [0.2, 0.25) is 5.91 Å². The van der Waals surface area contributed by atoms with E-state index in [1.165, 1.54) is 22.9 Å². The molecule has 0 saturated heterocycles. The van der Waals surface area contributed by atoms with Gasteiger partial charge >= 0.3 is 0 Å². The summed E-state index contributed by atoms with van der Waals surface area (Å²) in [7, 11) is 0. The fraction of sp³-hybridized carbons (Fsp3) is 0.176. The molecule has 0 aliphatic heterocycles. The van der Waals surface area contributed by atoms with Crippen molar-refractivity contribution in [2.75, 3.05) is 11.1 Å². The fourth-order valence-corrected chi connectivity index (χ4v) is 2.87. The molecule has 2 aromatic heterocycles. The van der Waals surface area contributed by atoms with Crippen LogP contribution in [0.3, 0.4) is 0 Å². The Kier molecular flexibility index (Phi) is 4.90. The highest BCUT2D eigenvalue weighted by Gasteiger charge is 2.11. The van der Waals surface area contributed by atoms with Crippen molar-refractivity contribution < 1.29 is 4.79 Å². The van der Waals surface area contributed by atoms with Crippen LogP contribution in [0.15, 0.2) is 54.2 Å². The van der Waals surface area contributed by atoms with Crippen LogP contribution in [0.2, 0.25) is 0 Å². The molecule has 0 radical (unpaired) electrons. The molecular weight excluding hydrogens is 322 g/mol. The monoisotopic (exact) mass is 339 g/mol. The largest absolute Gasteiger partial charge is 0.325 e. The molecule has 0 bridgehead atoms. The summed E-state index contributed by atoms with van der Waals surface area (Å²) in [6, 6.07) is 9.67. The zero-order valence-electron chi connectivity index (χ0n) is 13.4. The van der Waals surface area contributed by atoms with Gasteiger partial charge in [-0.2, -0.15) is 0 Å². The molecule has 0 atom stereocenters. The number of hydrogen-bond acceptors (Lipinski definition) is 5. The van der Waals surface area contributed by atoms with Gasteiger partial charge in [0.15, 0.2) is 5.16 Å². The molecule has 122 valence electrons. The maximum absolute atomic E-state index is 12.0. The normalized spacial score (nSPS) is 10.6. The van der Waals surface area contributed by atoms with Crippen molar-refractivity contribution in [3.05, 3.63) is 60.2 Å². The number of carbonyl (C=O) groups excluding carboxylic acids is 1. The number of rotatable bonds is 5. The third-order valence-corrected chi connectivity index (χ3v) is 4.52. The minimum absolute atomic E-state index is 0.0964. The fourth-order valence-electron chi connectivity index (χ4n) is 2.14. The van der Waals surface area contributed by atoms with Crippen LogP contribution in [0, 0.1) is 13.8 Å². The van der Waals surface area contributed by atoms with E-state index in [2.05, 4.69) is 46.5 Å². The molecule has 1 amide bonds. The number of benzene rings is 1. The first-order chi connectivity index (χ1) is 11.6. The number of hydrogen-bond donors (Lipinski definition) is 1. The molecule has 0 unspecified atom stereocenters. The zero-order chi connectivity index (χ0) is 16.9. The molecule has 0 spiro atoms. The number of nitrogens with one attached hydrogen (secondary N) is 1. The summed E-state index contributed by atoms with van der Waals surface area (Å²) >= 11 is 1.35. The Hall–Kier alpha value is -2.67. The van der Waals surface area contributed by atoms with E-state index in [4.69, 9.17) is 0 Å². The molecule has 2 heterocycles. The van der Waals surface area contributed by atoms with Crippen molar-refractivity contribution >= 4 is 23.4 Å². The lowest BCUT2D eigenvalue weighted by Crippen LogP contribution is -2.14. The van der Waals surface area contributed by atoms with E-state index >= 15 is 0 Å². The van der Waals surface area contributed by atoms with Crippen LogP contribution >= 0.6 is 11.8 Å². The van der Waals surface area contributed by atoms with E-state index in [9.17, 15) is 4.79 Å². The molecule has 1 N–H and O–H groups in total. The quantitative estimate of drug-likeness (QED) is 0.724. The molecule has 3 rings (SSSR count). The summed E-state index contributed by atoms with van der Waals surface area (Å²) < 4.78 is 1.89. The predicted octanol–water partition coefficient (Wildman–Crippen LogP) is 3.01. The highest BCUT2D eigenvalue weighted by molar-refractivity contribution is 7.99. The molecule has 0 fully saturated rings. The minimum Gasteiger partial charge on any atom is -0.325 e. The number of aryl methyl sites for hydroxylation is 2. The van der Waals surface area contributed by atoms with Gasteiger partial charge in [-0.1, -0.05) is 17.8 Å². The summed E-state index contributed by atoms with van der Waals surface area (Å²) in [5, 5.41) is 11.6. The predicted molar refractivity (Wildman–Crippen MR) is 94.4 cm³/mol. The molecular formula is C17H17N5OS. The number of pyridine rings is 1. The second kappa shape index (κ2) is 7.27. The summed E-state index contributed by atoms with van der Waals surface area (Å²) in [4.78, 5) is 16.0. The van der Waals surface area contributed by atoms with E-state index in [0.29, 0.717) is 5.16 Å². The lowest BCUT2D eigenvalue weighted by atomic mass is 10.1. The van der Waals surface area contributed by atoms with Gasteiger partial charge in [-0.15, -0.1) is 10.2 Å². The Morgan fingerprint density at radius 2 is 1.96 bits per heavy atom. The van der Waals surface area contributed by atoms with Crippen LogP contribution in [0.1, 0.15) is 11.1 Å². The van der Waals surface area contributed by atoms with Crippen molar-refractivity contribution in [3.8, 4) is 5.69 Å². The van der Waals surface area contributed by atoms with Gasteiger partial charge in [0.1, 0.15) is 6.33 Å². The molecule has 6 nitrogen and oxygen atoms in total. The number of nitrogens with zero attached hydrogens (tertiary/aromatic N) is 4. The molecule has 1 aromatic carbocycles. The second-order valence-electron chi connectivity index (χ2n) is 5.32. The molecule has 24 heavy (non-hydrogen) atoms. The van der Waals surface area contributed by atoms with Gasteiger partial charge in [-0.25, -0.2) is 0 Å². The minimum atomic E-state index is -0.0964. The number of aromatic nitrogens is 4. The lowest BCUT2D eigenvalue weighted by Gasteiger charge is -2.09. The topological polar surface area (TPSA) is 72.7 Å². The van der Waals surface area contributed by atoms with Gasteiger partial charge in [-0.05, 0) is 49.2 Å². The number of anilines is 1. The maximum atomic E-state index is 12.0. The van der Waals surface area contributed by atoms with Crippen molar-refractivity contribution in [3.63, 3.8) is 0 Å². The van der Waals surface area contributed by atoms with E-state index in [-0.39, 0.29) is 11.7 Å². The van der Waals surface area contributed by atoms with Crippen LogP contribution in [0.25, 0.3) is 5.69 Å². The van der Waals surface area contributed by atoms with E-state index in [1.807, 2.05) is 10.6 Å². The third-order valence-electron chi connectivity index (χ3n) is 3.58. The summed E-state index contributed by atoms with van der Waals surface area (Å²) in [6.45, 7) is 4.14. The van der Waals surface area contributed by atoms with Gasteiger partial charge in [0.25, 0.3) is 0 Å². The second-order valence-corrected chi connectivity index (χ2v) is 6.27. The molecule has 3 aromatic rings. The van der Waals surface area contributed by atoms with E-state index < -0.39 is 0 Å². The highest BCUT2D eigenvalue weighted by atomic mass is 32.2. The van der Waals surface area contributed by atoms with Crippen molar-refractivity contribution in [1.29, 1.82) is 0 Å². The van der Waals surface area contributed by atoms with Gasteiger partial charge in [0.05, 0.1) is 5.75 Å². The smallest absolute Gasteiger partial charge is 0.234 e. The molecule has 0 aliphatic carbocycles. The SMILES string of the molecule is Cc1ccc(-n2cnnc2SCC(=O)Nc2ccncc2)cc1C. The number of amides is 1. The first kappa shape index (κ1) is 16.2. The Bertz CT molecular complexity index is 847. The van der Waals surface area contributed by atoms with Crippen LogP contribution in [-0.4, -0.2) is 31.4 Å². The zero-order valence-corrected chi connectivity index (χ0v) is 14.2. The Labute approximate surface area is 144 Å². The van der Waals surface area contributed by atoms with Gasteiger partial charge < -0.3 is 5.32 Å². The first-order valence-corrected chi connectivity index (χ1v) is 8.42. The Morgan fingerprint density at radius 3 is 2.71 bits per heavy atom. The molecule has 0 saturated carbocycles. The average molecular weight is 339 g/mol. The summed E-state index contributed by atoms with van der Waals surface area (Å²) in [5.74, 6) is 0.159. The maximum Gasteiger partial charge on any atom is 0.234 e.